The van der Waals surface area contributed by atoms with E-state index in [2.05, 4.69) is 11.1 Å². The first-order valence-corrected chi connectivity index (χ1v) is 3.11. The highest BCUT2D eigenvalue weighted by Gasteiger charge is 1.99. The molecule has 0 fully saturated rings. The second-order valence-corrected chi connectivity index (χ2v) is 1.97. The highest BCUT2D eigenvalue weighted by molar-refractivity contribution is 5.55. The molecule has 1 nitrogen and oxygen atoms in total. The highest BCUT2D eigenvalue weighted by Crippen LogP contribution is 2.17. The van der Waals surface area contributed by atoms with Crippen LogP contribution in [0.3, 0.4) is 0 Å². The van der Waals surface area contributed by atoms with Crippen molar-refractivity contribution in [1.82, 2.24) is 0 Å². The lowest BCUT2D eigenvalue weighted by molar-refractivity contribution is 0.901. The Morgan fingerprint density at radius 1 is 1.75 bits per heavy atom. The van der Waals surface area contributed by atoms with Crippen molar-refractivity contribution in [2.45, 2.75) is 26.2 Å². The maximum atomic E-state index is 4.16. The normalized spacial score (nSPS) is 19.9. The molecule has 44 valence electrons. The van der Waals surface area contributed by atoms with Crippen LogP contribution in [0, 0.1) is 0 Å². The Morgan fingerprint density at radius 2 is 2.62 bits per heavy atom. The Morgan fingerprint density at radius 3 is 3.12 bits per heavy atom. The molecule has 1 aliphatic rings. The lowest BCUT2D eigenvalue weighted by Gasteiger charge is -1.85. The van der Waals surface area contributed by atoms with E-state index in [9.17, 15) is 0 Å². The summed E-state index contributed by atoms with van der Waals surface area (Å²) in [5, 5.41) is 0. The topological polar surface area (TPSA) is 12.4 Å². The maximum absolute atomic E-state index is 4.16. The van der Waals surface area contributed by atoms with Gasteiger partial charge in [0.15, 0.2) is 0 Å². The predicted molar refractivity (Wildman–Crippen MR) is 36.1 cm³/mol. The summed E-state index contributed by atoms with van der Waals surface area (Å²) in [6.45, 7) is 1.96. The smallest absolute Gasteiger partial charge is 0.0359 e. The summed E-state index contributed by atoms with van der Waals surface area (Å²) >= 11 is 0. The van der Waals surface area contributed by atoms with Gasteiger partial charge >= 0.3 is 0 Å². The average molecular weight is 109 g/mol. The third-order valence-electron chi connectivity index (χ3n) is 1.31. The van der Waals surface area contributed by atoms with Gasteiger partial charge in [-0.3, -0.25) is 4.99 Å². The first-order chi connectivity index (χ1) is 3.93. The molecule has 8 heavy (non-hydrogen) atoms. The molecule has 0 aromatic carbocycles. The van der Waals surface area contributed by atoms with Crippen LogP contribution in [-0.2, 0) is 0 Å². The van der Waals surface area contributed by atoms with Gasteiger partial charge in [0.25, 0.3) is 0 Å². The summed E-state index contributed by atoms with van der Waals surface area (Å²) in [5.41, 5.74) is 1.27. The van der Waals surface area contributed by atoms with Crippen LogP contribution < -0.4 is 0 Å². The van der Waals surface area contributed by atoms with Crippen LogP contribution in [0.25, 0.3) is 0 Å². The van der Waals surface area contributed by atoms with E-state index in [1.165, 1.54) is 25.0 Å². The molecule has 0 bridgehead atoms. The van der Waals surface area contributed by atoms with Crippen LogP contribution in [-0.4, -0.2) is 6.21 Å². The summed E-state index contributed by atoms with van der Waals surface area (Å²) in [6.07, 6.45) is 7.78. The molecule has 0 heterocycles. The molecule has 0 aliphatic heterocycles. The SMILES string of the molecule is CC=NC1=CCCC1. The second kappa shape index (κ2) is 2.65. The summed E-state index contributed by atoms with van der Waals surface area (Å²) in [6, 6.07) is 0. The van der Waals surface area contributed by atoms with Gasteiger partial charge in [-0.2, -0.15) is 0 Å². The van der Waals surface area contributed by atoms with Crippen molar-refractivity contribution < 1.29 is 0 Å². The highest BCUT2D eigenvalue weighted by atomic mass is 14.7. The molecule has 0 amide bonds. The average Bonchev–Trinajstić information content (AvgIpc) is 2.19. The molecule has 0 saturated heterocycles. The lowest BCUT2D eigenvalue weighted by Crippen LogP contribution is -1.68. The molecular weight excluding hydrogens is 98.1 g/mol. The van der Waals surface area contributed by atoms with Crippen LogP contribution in [0.4, 0.5) is 0 Å². The van der Waals surface area contributed by atoms with Crippen LogP contribution in [0.5, 0.6) is 0 Å². The zero-order valence-corrected chi connectivity index (χ0v) is 5.22. The zero-order valence-electron chi connectivity index (χ0n) is 5.22. The minimum Gasteiger partial charge on any atom is -0.266 e. The van der Waals surface area contributed by atoms with E-state index in [0.717, 1.165) is 0 Å². The summed E-state index contributed by atoms with van der Waals surface area (Å²) in [7, 11) is 0. The maximum Gasteiger partial charge on any atom is 0.0359 e. The Hall–Kier alpha value is -0.590. The number of rotatable bonds is 1. The molecule has 0 atom stereocenters. The fourth-order valence-electron chi connectivity index (χ4n) is 0.937. The second-order valence-electron chi connectivity index (χ2n) is 1.97. The van der Waals surface area contributed by atoms with Crippen LogP contribution in [0.1, 0.15) is 26.2 Å². The first-order valence-electron chi connectivity index (χ1n) is 3.11. The van der Waals surface area contributed by atoms with Crippen LogP contribution in [0.2, 0.25) is 0 Å². The van der Waals surface area contributed by atoms with E-state index in [-0.39, 0.29) is 0 Å². The van der Waals surface area contributed by atoms with Crippen LogP contribution in [0.15, 0.2) is 16.8 Å². The van der Waals surface area contributed by atoms with E-state index < -0.39 is 0 Å². The number of allylic oxidation sites excluding steroid dienone is 2. The van der Waals surface area contributed by atoms with Crippen molar-refractivity contribution in [1.29, 1.82) is 0 Å². The standard InChI is InChI=1S/C7H11N/c1-2-8-7-5-3-4-6-7/h2,5H,3-4,6H2,1H3. The Bertz CT molecular complexity index is 122. The molecule has 0 N–H and O–H groups in total. The Labute approximate surface area is 50.1 Å². The predicted octanol–water partition coefficient (Wildman–Crippen LogP) is 2.14. The Kier molecular flexibility index (Phi) is 1.84. The van der Waals surface area contributed by atoms with E-state index in [4.69, 9.17) is 0 Å². The van der Waals surface area contributed by atoms with Gasteiger partial charge in [-0.1, -0.05) is 6.08 Å². The molecule has 0 aromatic heterocycles. The number of hydrogen-bond donors (Lipinski definition) is 0. The van der Waals surface area contributed by atoms with Gasteiger partial charge in [0.2, 0.25) is 0 Å². The van der Waals surface area contributed by atoms with Gasteiger partial charge in [-0.25, -0.2) is 0 Å². The summed E-state index contributed by atoms with van der Waals surface area (Å²) in [5.74, 6) is 0. The molecular formula is C7H11N. The monoisotopic (exact) mass is 109 g/mol. The van der Waals surface area contributed by atoms with Gasteiger partial charge in [0.05, 0.1) is 0 Å². The molecule has 1 aliphatic carbocycles. The summed E-state index contributed by atoms with van der Waals surface area (Å²) < 4.78 is 0. The fraction of sp³-hybridized carbons (Fsp3) is 0.571. The van der Waals surface area contributed by atoms with Gasteiger partial charge in [-0.05, 0) is 26.2 Å². The van der Waals surface area contributed by atoms with Crippen molar-refractivity contribution in [3.05, 3.63) is 11.8 Å². The number of nitrogens with zero attached hydrogens (tertiary/aromatic N) is 1. The lowest BCUT2D eigenvalue weighted by atomic mass is 10.3. The van der Waals surface area contributed by atoms with Crippen molar-refractivity contribution in [3.8, 4) is 0 Å². The van der Waals surface area contributed by atoms with Crippen molar-refractivity contribution in [2.75, 3.05) is 0 Å². The van der Waals surface area contributed by atoms with Crippen molar-refractivity contribution in [2.24, 2.45) is 4.99 Å². The molecule has 1 rings (SSSR count). The number of aliphatic imine (C=N–C) groups is 1. The van der Waals surface area contributed by atoms with E-state index in [1.807, 2.05) is 13.1 Å². The zero-order chi connectivity index (χ0) is 5.82. The van der Waals surface area contributed by atoms with E-state index in [0.29, 0.717) is 0 Å². The number of hydrogen-bond acceptors (Lipinski definition) is 1. The minimum atomic E-state index is 1.18. The van der Waals surface area contributed by atoms with E-state index >= 15 is 0 Å². The van der Waals surface area contributed by atoms with Gasteiger partial charge < -0.3 is 0 Å². The molecule has 0 radical (unpaired) electrons. The molecule has 0 spiro atoms. The largest absolute Gasteiger partial charge is 0.266 e. The summed E-state index contributed by atoms with van der Waals surface area (Å²) in [4.78, 5) is 4.16. The minimum absolute atomic E-state index is 1.18. The third-order valence-corrected chi connectivity index (χ3v) is 1.31. The molecule has 0 saturated carbocycles. The van der Waals surface area contributed by atoms with Crippen LogP contribution >= 0.6 is 0 Å². The van der Waals surface area contributed by atoms with Crippen molar-refractivity contribution in [3.63, 3.8) is 0 Å². The van der Waals surface area contributed by atoms with Gasteiger partial charge in [-0.15, -0.1) is 0 Å². The van der Waals surface area contributed by atoms with Crippen molar-refractivity contribution >= 4 is 6.21 Å². The van der Waals surface area contributed by atoms with Gasteiger partial charge in [0, 0.05) is 11.9 Å². The quantitative estimate of drug-likeness (QED) is 0.457. The fourth-order valence-corrected chi connectivity index (χ4v) is 0.937. The third kappa shape index (κ3) is 1.19. The van der Waals surface area contributed by atoms with E-state index in [1.54, 1.807) is 0 Å². The van der Waals surface area contributed by atoms with Gasteiger partial charge in [0.1, 0.15) is 0 Å². The molecule has 0 aromatic rings. The Balaban J connectivity index is 2.45. The first kappa shape index (κ1) is 5.54. The molecule has 0 unspecified atom stereocenters. The molecule has 1 heteroatoms.